The van der Waals surface area contributed by atoms with Gasteiger partial charge in [0, 0.05) is 5.56 Å². The molecule has 0 unspecified atom stereocenters. The van der Waals surface area contributed by atoms with E-state index in [0.717, 1.165) is 27.4 Å². The number of methoxy groups -OCH3 is 1. The first-order valence-electron chi connectivity index (χ1n) is 5.93. The molecule has 4 heteroatoms. The molecule has 0 fully saturated rings. The predicted octanol–water partition coefficient (Wildman–Crippen LogP) is 4.28. The third kappa shape index (κ3) is 2.43. The van der Waals surface area contributed by atoms with Gasteiger partial charge >= 0.3 is 0 Å². The maximum atomic E-state index is 5.42. The van der Waals surface area contributed by atoms with Gasteiger partial charge in [-0.05, 0) is 46.5 Å². The van der Waals surface area contributed by atoms with E-state index in [9.17, 15) is 0 Å². The Balaban J connectivity index is 2.60. The van der Waals surface area contributed by atoms with Crippen LogP contribution in [-0.2, 0) is 0 Å². The zero-order valence-electron chi connectivity index (χ0n) is 11.0. The molecule has 0 bridgehead atoms. The SMILES string of the molecule is COc1ccc(C(C)C)cc1-c1nc(C)[nH]c1Br. The van der Waals surface area contributed by atoms with E-state index in [4.69, 9.17) is 4.74 Å². The Bertz CT molecular complexity index is 561. The van der Waals surface area contributed by atoms with Crippen molar-refractivity contribution in [1.29, 1.82) is 0 Å². The van der Waals surface area contributed by atoms with Gasteiger partial charge in [0.25, 0.3) is 0 Å². The molecule has 0 atom stereocenters. The van der Waals surface area contributed by atoms with Gasteiger partial charge in [-0.25, -0.2) is 4.98 Å². The van der Waals surface area contributed by atoms with Crippen LogP contribution in [0.25, 0.3) is 11.3 Å². The number of imidazole rings is 1. The van der Waals surface area contributed by atoms with Gasteiger partial charge in [-0.3, -0.25) is 0 Å². The van der Waals surface area contributed by atoms with Crippen LogP contribution in [0.4, 0.5) is 0 Å². The van der Waals surface area contributed by atoms with Gasteiger partial charge < -0.3 is 9.72 Å². The first-order chi connectivity index (χ1) is 8.52. The van der Waals surface area contributed by atoms with Crippen LogP contribution in [0.5, 0.6) is 5.75 Å². The van der Waals surface area contributed by atoms with Crippen molar-refractivity contribution in [3.8, 4) is 17.0 Å². The molecule has 1 heterocycles. The maximum Gasteiger partial charge on any atom is 0.128 e. The fraction of sp³-hybridized carbons (Fsp3) is 0.357. The lowest BCUT2D eigenvalue weighted by Gasteiger charge is -2.11. The highest BCUT2D eigenvalue weighted by Crippen LogP contribution is 2.35. The molecule has 3 nitrogen and oxygen atoms in total. The Kier molecular flexibility index (Phi) is 3.76. The van der Waals surface area contributed by atoms with Gasteiger partial charge in [-0.2, -0.15) is 0 Å². The number of rotatable bonds is 3. The third-order valence-corrected chi connectivity index (χ3v) is 3.50. The second-order valence-electron chi connectivity index (χ2n) is 4.60. The fourth-order valence-corrected chi connectivity index (χ4v) is 2.50. The van der Waals surface area contributed by atoms with Crippen molar-refractivity contribution in [3.63, 3.8) is 0 Å². The van der Waals surface area contributed by atoms with Crippen LogP contribution >= 0.6 is 15.9 Å². The molecular formula is C14H17BrN2O. The third-order valence-electron chi connectivity index (χ3n) is 2.92. The molecule has 2 aromatic rings. The largest absolute Gasteiger partial charge is 0.496 e. The summed E-state index contributed by atoms with van der Waals surface area (Å²) in [5.74, 6) is 2.20. The fourth-order valence-electron chi connectivity index (χ4n) is 1.91. The van der Waals surface area contributed by atoms with E-state index < -0.39 is 0 Å². The molecule has 0 spiro atoms. The number of aromatic nitrogens is 2. The molecule has 1 aromatic heterocycles. The van der Waals surface area contributed by atoms with E-state index in [-0.39, 0.29) is 0 Å². The van der Waals surface area contributed by atoms with Crippen molar-refractivity contribution in [2.45, 2.75) is 26.7 Å². The molecule has 0 amide bonds. The number of ether oxygens (including phenoxy) is 1. The molecule has 0 radical (unpaired) electrons. The Morgan fingerprint density at radius 1 is 1.33 bits per heavy atom. The lowest BCUT2D eigenvalue weighted by atomic mass is 9.99. The smallest absolute Gasteiger partial charge is 0.128 e. The second kappa shape index (κ2) is 5.14. The van der Waals surface area contributed by atoms with Gasteiger partial charge in [0.2, 0.25) is 0 Å². The minimum absolute atomic E-state index is 0.480. The summed E-state index contributed by atoms with van der Waals surface area (Å²) in [5.41, 5.74) is 3.19. The minimum Gasteiger partial charge on any atom is -0.496 e. The predicted molar refractivity (Wildman–Crippen MR) is 77.1 cm³/mol. The van der Waals surface area contributed by atoms with E-state index in [0.29, 0.717) is 5.92 Å². The van der Waals surface area contributed by atoms with Crippen molar-refractivity contribution in [3.05, 3.63) is 34.2 Å². The number of hydrogen-bond acceptors (Lipinski definition) is 2. The lowest BCUT2D eigenvalue weighted by molar-refractivity contribution is 0.416. The molecule has 96 valence electrons. The Morgan fingerprint density at radius 3 is 2.56 bits per heavy atom. The Hall–Kier alpha value is -1.29. The molecule has 0 aliphatic carbocycles. The van der Waals surface area contributed by atoms with Crippen LogP contribution in [0, 0.1) is 6.92 Å². The number of H-pyrrole nitrogens is 1. The molecule has 1 N–H and O–H groups in total. The summed E-state index contributed by atoms with van der Waals surface area (Å²) in [5, 5.41) is 0. The van der Waals surface area contributed by atoms with Crippen LogP contribution < -0.4 is 4.74 Å². The van der Waals surface area contributed by atoms with Crippen LogP contribution in [-0.4, -0.2) is 17.1 Å². The topological polar surface area (TPSA) is 37.9 Å². The average molecular weight is 309 g/mol. The average Bonchev–Trinajstić information content (AvgIpc) is 2.67. The summed E-state index contributed by atoms with van der Waals surface area (Å²) in [4.78, 5) is 7.66. The van der Waals surface area contributed by atoms with Gasteiger partial charge in [0.05, 0.1) is 7.11 Å². The first-order valence-corrected chi connectivity index (χ1v) is 6.72. The summed E-state index contributed by atoms with van der Waals surface area (Å²) in [6, 6.07) is 6.24. The first kappa shape index (κ1) is 13.1. The van der Waals surface area contributed by atoms with Crippen LogP contribution in [0.2, 0.25) is 0 Å². The van der Waals surface area contributed by atoms with Gasteiger partial charge in [-0.15, -0.1) is 0 Å². The van der Waals surface area contributed by atoms with Crippen molar-refractivity contribution in [2.24, 2.45) is 0 Å². The summed E-state index contributed by atoms with van der Waals surface area (Å²) in [6.45, 7) is 6.29. The molecule has 0 aliphatic rings. The number of benzene rings is 1. The van der Waals surface area contributed by atoms with Crippen LogP contribution in [0.15, 0.2) is 22.8 Å². The van der Waals surface area contributed by atoms with Crippen molar-refractivity contribution in [2.75, 3.05) is 7.11 Å². The summed E-state index contributed by atoms with van der Waals surface area (Å²) in [6.07, 6.45) is 0. The lowest BCUT2D eigenvalue weighted by Crippen LogP contribution is -1.93. The number of halogens is 1. The second-order valence-corrected chi connectivity index (χ2v) is 5.39. The van der Waals surface area contributed by atoms with Crippen LogP contribution in [0.3, 0.4) is 0 Å². The molecule has 0 aliphatic heterocycles. The van der Waals surface area contributed by atoms with E-state index in [1.807, 2.05) is 13.0 Å². The highest BCUT2D eigenvalue weighted by atomic mass is 79.9. The molecule has 1 aromatic carbocycles. The molecule has 0 saturated carbocycles. The normalized spacial score (nSPS) is 11.0. The van der Waals surface area contributed by atoms with E-state index in [1.165, 1.54) is 5.56 Å². The van der Waals surface area contributed by atoms with Crippen LogP contribution in [0.1, 0.15) is 31.2 Å². The molecular weight excluding hydrogens is 292 g/mol. The van der Waals surface area contributed by atoms with Gasteiger partial charge in [0.1, 0.15) is 21.9 Å². The number of hydrogen-bond donors (Lipinski definition) is 1. The minimum atomic E-state index is 0.480. The van der Waals surface area contributed by atoms with Gasteiger partial charge in [-0.1, -0.05) is 19.9 Å². The molecule has 0 saturated heterocycles. The molecule has 2 rings (SSSR count). The monoisotopic (exact) mass is 308 g/mol. The Morgan fingerprint density at radius 2 is 2.06 bits per heavy atom. The van der Waals surface area contributed by atoms with Crippen molar-refractivity contribution in [1.82, 2.24) is 9.97 Å². The van der Waals surface area contributed by atoms with Crippen molar-refractivity contribution < 1.29 is 4.74 Å². The number of aryl methyl sites for hydroxylation is 1. The maximum absolute atomic E-state index is 5.42. The van der Waals surface area contributed by atoms with Crippen molar-refractivity contribution >= 4 is 15.9 Å². The van der Waals surface area contributed by atoms with E-state index in [2.05, 4.69) is 51.9 Å². The number of aromatic amines is 1. The van der Waals surface area contributed by atoms with E-state index in [1.54, 1.807) is 7.11 Å². The van der Waals surface area contributed by atoms with Gasteiger partial charge in [0.15, 0.2) is 0 Å². The molecule has 18 heavy (non-hydrogen) atoms. The van der Waals surface area contributed by atoms with E-state index >= 15 is 0 Å². The summed E-state index contributed by atoms with van der Waals surface area (Å²) in [7, 11) is 1.68. The summed E-state index contributed by atoms with van der Waals surface area (Å²) < 4.78 is 6.31. The Labute approximate surface area is 116 Å². The standard InChI is InChI=1S/C14H17BrN2O/c1-8(2)10-5-6-12(18-4)11(7-10)13-14(15)17-9(3)16-13/h5-8H,1-4H3,(H,16,17). The number of nitrogens with zero attached hydrogens (tertiary/aromatic N) is 1. The zero-order valence-corrected chi connectivity index (χ0v) is 12.6. The summed E-state index contributed by atoms with van der Waals surface area (Å²) >= 11 is 3.51. The highest BCUT2D eigenvalue weighted by Gasteiger charge is 2.14. The highest BCUT2D eigenvalue weighted by molar-refractivity contribution is 9.10. The quantitative estimate of drug-likeness (QED) is 0.919. The zero-order chi connectivity index (χ0) is 13.3. The number of nitrogens with one attached hydrogen (secondary N) is 1.